The van der Waals surface area contributed by atoms with Crippen molar-refractivity contribution in [2.45, 2.75) is 24.9 Å². The average Bonchev–Trinajstić information content (AvgIpc) is 2.79. The number of benzene rings is 1. The first-order valence-corrected chi connectivity index (χ1v) is 10.2. The number of fused-ring (bicyclic) bond motifs is 1. The van der Waals surface area contributed by atoms with Gasteiger partial charge in [-0.1, -0.05) is 0 Å². The predicted octanol–water partition coefficient (Wildman–Crippen LogP) is -1.11. The number of aromatic amines is 1. The van der Waals surface area contributed by atoms with E-state index in [0.717, 1.165) is 0 Å². The van der Waals surface area contributed by atoms with Gasteiger partial charge in [-0.25, -0.2) is 4.79 Å². The fourth-order valence-corrected chi connectivity index (χ4v) is 3.39. The zero-order valence-electron chi connectivity index (χ0n) is 18.8. The van der Waals surface area contributed by atoms with Crippen LogP contribution in [-0.2, 0) is 14.4 Å². The number of hydrogen-bond acceptors (Lipinski definition) is 9. The van der Waals surface area contributed by atoms with Crippen LogP contribution in [-0.4, -0.2) is 99.2 Å². The van der Waals surface area contributed by atoms with Gasteiger partial charge in [0.15, 0.2) is 11.5 Å². The van der Waals surface area contributed by atoms with Crippen molar-refractivity contribution in [2.75, 3.05) is 34.4 Å². The number of nitrogens with one attached hydrogen (secondary N) is 4. The first kappa shape index (κ1) is 27.6. The van der Waals surface area contributed by atoms with Crippen molar-refractivity contribution in [3.63, 3.8) is 0 Å². The summed E-state index contributed by atoms with van der Waals surface area (Å²) in [7, 11) is 0. The summed E-state index contributed by atoms with van der Waals surface area (Å²) in [6.07, 6.45) is -0.101. The summed E-state index contributed by atoms with van der Waals surface area (Å²) >= 11 is 0. The number of carboxylic acid groups (broad SMARTS) is 2. The Morgan fingerprint density at radius 2 is 1.94 bits per heavy atom. The number of nitrogen functional groups attached to an aromatic ring is 1. The van der Waals surface area contributed by atoms with E-state index in [1.807, 2.05) is 0 Å². The number of nitrogens with two attached hydrogens (primary N) is 1. The molecule has 0 saturated carbocycles. The molecule has 35 heavy (non-hydrogen) atoms. The third-order valence-corrected chi connectivity index (χ3v) is 5.12. The number of rotatable bonds is 10. The van der Waals surface area contributed by atoms with Crippen molar-refractivity contribution in [3.8, 4) is 0 Å². The number of H-pyrrole nitrogens is 1. The van der Waals surface area contributed by atoms with Gasteiger partial charge in [-0.05, 0) is 30.7 Å². The molecule has 2 amide bonds. The van der Waals surface area contributed by atoms with Crippen LogP contribution in [0.1, 0.15) is 23.2 Å². The Balaban J connectivity index is 0.00000432. The van der Waals surface area contributed by atoms with Crippen LogP contribution >= 0.6 is 0 Å². The second-order valence-corrected chi connectivity index (χ2v) is 7.45. The Kier molecular flexibility index (Phi) is 9.62. The first-order chi connectivity index (χ1) is 16.2. The Hall–Kier alpha value is -3.62. The van der Waals surface area contributed by atoms with E-state index in [0.29, 0.717) is 18.6 Å². The number of hydrogen-bond donors (Lipinski definition) is 7. The van der Waals surface area contributed by atoms with Crippen molar-refractivity contribution in [3.05, 3.63) is 40.2 Å². The van der Waals surface area contributed by atoms with Crippen molar-refractivity contribution in [2.24, 2.45) is 0 Å². The van der Waals surface area contributed by atoms with E-state index in [1.54, 1.807) is 12.1 Å². The summed E-state index contributed by atoms with van der Waals surface area (Å²) in [5.41, 5.74) is 5.84. The maximum Gasteiger partial charge on any atom is 0.326 e. The van der Waals surface area contributed by atoms with E-state index in [2.05, 4.69) is 25.9 Å². The van der Waals surface area contributed by atoms with Gasteiger partial charge in [-0.15, -0.1) is 0 Å². The molecule has 181 valence electrons. The summed E-state index contributed by atoms with van der Waals surface area (Å²) in [6, 6.07) is 4.36. The van der Waals surface area contributed by atoms with E-state index >= 15 is 0 Å². The molecule has 8 N–H and O–H groups in total. The predicted molar refractivity (Wildman–Crippen MR) is 127 cm³/mol. The largest absolute Gasteiger partial charge is 0.481 e. The number of aliphatic carboxylic acids is 2. The second-order valence-electron chi connectivity index (χ2n) is 7.45. The van der Waals surface area contributed by atoms with E-state index < -0.39 is 41.9 Å². The minimum absolute atomic E-state index is 0. The molecule has 0 bridgehead atoms. The number of carboxylic acids is 2. The monoisotopic (exact) mass is 496 g/mol. The summed E-state index contributed by atoms with van der Waals surface area (Å²) in [6.45, 7) is 0.568. The van der Waals surface area contributed by atoms with E-state index in [1.165, 1.54) is 17.0 Å². The molecule has 14 nitrogen and oxygen atoms in total. The number of amides is 2. The molecular weight excluding hydrogens is 473 g/mol. The number of carbonyl (C=O) groups is 4. The van der Waals surface area contributed by atoms with E-state index in [9.17, 15) is 29.1 Å². The van der Waals surface area contributed by atoms with Crippen molar-refractivity contribution in [1.82, 2.24) is 15.3 Å². The zero-order valence-corrected chi connectivity index (χ0v) is 20.8. The molecule has 0 fully saturated rings. The quantitative estimate of drug-likeness (QED) is 0.154. The van der Waals surface area contributed by atoms with Gasteiger partial charge in [-0.2, -0.15) is 4.98 Å². The van der Waals surface area contributed by atoms with Gasteiger partial charge < -0.3 is 36.8 Å². The first-order valence-electron chi connectivity index (χ1n) is 10.2. The molecule has 15 heteroatoms. The molecule has 3 rings (SSSR count). The van der Waals surface area contributed by atoms with Crippen molar-refractivity contribution in [1.29, 1.82) is 0 Å². The van der Waals surface area contributed by atoms with Gasteiger partial charge in [-0.3, -0.25) is 24.2 Å². The summed E-state index contributed by atoms with van der Waals surface area (Å²) in [5.74, 6) is -3.00. The molecule has 1 unspecified atom stereocenters. The van der Waals surface area contributed by atoms with E-state index in [-0.39, 0.29) is 65.5 Å². The van der Waals surface area contributed by atoms with Gasteiger partial charge in [0.05, 0.1) is 6.04 Å². The molecule has 2 heterocycles. The van der Waals surface area contributed by atoms with Crippen LogP contribution in [0.25, 0.3) is 0 Å². The Bertz CT molecular complexity index is 1160. The third-order valence-electron chi connectivity index (χ3n) is 5.12. The van der Waals surface area contributed by atoms with E-state index in [4.69, 9.17) is 10.8 Å². The number of aromatic nitrogens is 2. The molecule has 0 saturated heterocycles. The normalized spacial score (nSPS) is 15.0. The van der Waals surface area contributed by atoms with Crippen LogP contribution in [0.15, 0.2) is 29.1 Å². The van der Waals surface area contributed by atoms with Gasteiger partial charge in [0.25, 0.3) is 11.5 Å². The van der Waals surface area contributed by atoms with Crippen molar-refractivity contribution >= 4 is 77.0 Å². The molecule has 1 aliphatic heterocycles. The fourth-order valence-electron chi connectivity index (χ4n) is 3.39. The minimum Gasteiger partial charge on any atom is -0.481 e. The Morgan fingerprint density at radius 3 is 2.54 bits per heavy atom. The molecule has 0 spiro atoms. The van der Waals surface area contributed by atoms with Gasteiger partial charge in [0, 0.05) is 60.3 Å². The summed E-state index contributed by atoms with van der Waals surface area (Å²) in [5, 5.41) is 26.3. The smallest absolute Gasteiger partial charge is 0.326 e. The average molecular weight is 496 g/mol. The number of nitrogens with zero attached hydrogens (tertiary/aromatic N) is 2. The van der Waals surface area contributed by atoms with Crippen LogP contribution < -0.4 is 32.1 Å². The SMILES string of the molecule is Nc1nc2c(c(=O)[nH]1)N(C=O)C(CNc1ccc(C(=O)N[C@@H](CCC(=O)O)C(=O)O)cc1)CN2.[Na]. The molecule has 0 aliphatic carbocycles. The maximum absolute atomic E-state index is 12.3. The molecule has 2 aromatic rings. The number of anilines is 4. The third kappa shape index (κ3) is 6.94. The van der Waals surface area contributed by atoms with Crippen molar-refractivity contribution < 1.29 is 29.4 Å². The summed E-state index contributed by atoms with van der Waals surface area (Å²) < 4.78 is 0. The molecule has 1 aromatic heterocycles. The van der Waals surface area contributed by atoms with Crippen LogP contribution in [0.2, 0.25) is 0 Å². The Labute approximate surface area is 220 Å². The Morgan fingerprint density at radius 1 is 1.26 bits per heavy atom. The molecular formula is C20H23N7NaO7. The van der Waals surface area contributed by atoms with Crippen LogP contribution in [0.4, 0.5) is 23.1 Å². The maximum atomic E-state index is 12.3. The minimum atomic E-state index is -1.33. The molecule has 1 radical (unpaired) electrons. The standard InChI is InChI=1S/C20H23N7O7.Na/c21-20-25-16-15(18(32)26-20)27(9-28)12(8-23-16)7-22-11-3-1-10(2-4-11)17(31)24-13(19(33)34)5-6-14(29)30;/h1-4,9,12-13,22H,5-8H2,(H,24,31)(H,29,30)(H,33,34)(H4,21,23,25,26,32);/t12?,13-;/m0./s1. The fraction of sp³-hybridized carbons (Fsp3) is 0.300. The topological polar surface area (TPSA) is 220 Å². The van der Waals surface area contributed by atoms with Gasteiger partial charge >= 0.3 is 11.9 Å². The molecule has 1 aromatic carbocycles. The zero-order chi connectivity index (χ0) is 24.8. The molecule has 1 aliphatic rings. The van der Waals surface area contributed by atoms with Crippen LogP contribution in [0.3, 0.4) is 0 Å². The number of carbonyl (C=O) groups excluding carboxylic acids is 2. The van der Waals surface area contributed by atoms with Gasteiger partial charge in [0.1, 0.15) is 6.04 Å². The van der Waals surface area contributed by atoms with Crippen LogP contribution in [0.5, 0.6) is 0 Å². The second kappa shape index (κ2) is 12.2. The van der Waals surface area contributed by atoms with Gasteiger partial charge in [0.2, 0.25) is 12.4 Å². The summed E-state index contributed by atoms with van der Waals surface area (Å²) in [4.78, 5) is 65.7. The van der Waals surface area contributed by atoms with Crippen LogP contribution in [0, 0.1) is 0 Å². The molecule has 2 atom stereocenters.